The molecule has 0 spiro atoms. The normalized spacial score (nSPS) is 10.9. The summed E-state index contributed by atoms with van der Waals surface area (Å²) in [5.41, 5.74) is 1.08. The third-order valence-electron chi connectivity index (χ3n) is 2.58. The minimum atomic E-state index is -0.122. The zero-order valence-corrected chi connectivity index (χ0v) is 9.59. The predicted molar refractivity (Wildman–Crippen MR) is 63.8 cm³/mol. The Morgan fingerprint density at radius 3 is 2.94 bits per heavy atom. The highest BCUT2D eigenvalue weighted by Gasteiger charge is 2.04. The van der Waals surface area contributed by atoms with Crippen molar-refractivity contribution in [2.24, 2.45) is 0 Å². The van der Waals surface area contributed by atoms with Gasteiger partial charge in [-0.3, -0.25) is 9.78 Å². The molecular formula is C12H14N2O3. The molecule has 0 aliphatic carbocycles. The van der Waals surface area contributed by atoms with E-state index in [1.165, 1.54) is 0 Å². The van der Waals surface area contributed by atoms with Crippen molar-refractivity contribution in [1.82, 2.24) is 9.55 Å². The van der Waals surface area contributed by atoms with Crippen LogP contribution in [0.4, 0.5) is 0 Å². The van der Waals surface area contributed by atoms with E-state index < -0.39 is 0 Å². The van der Waals surface area contributed by atoms with Crippen molar-refractivity contribution in [2.75, 3.05) is 13.7 Å². The topological polar surface area (TPSA) is 64.3 Å². The summed E-state index contributed by atoms with van der Waals surface area (Å²) in [7, 11) is 1.60. The molecule has 17 heavy (non-hydrogen) atoms. The molecule has 2 aromatic rings. The van der Waals surface area contributed by atoms with Crippen molar-refractivity contribution in [1.29, 1.82) is 0 Å². The Morgan fingerprint density at radius 1 is 1.41 bits per heavy atom. The third-order valence-corrected chi connectivity index (χ3v) is 2.58. The summed E-state index contributed by atoms with van der Waals surface area (Å²) >= 11 is 0. The number of hydrogen-bond donors (Lipinski definition) is 1. The van der Waals surface area contributed by atoms with Crippen LogP contribution in [0, 0.1) is 0 Å². The maximum absolute atomic E-state index is 12.0. The summed E-state index contributed by atoms with van der Waals surface area (Å²) in [5, 5.41) is 9.53. The summed E-state index contributed by atoms with van der Waals surface area (Å²) < 4.78 is 6.53. The van der Waals surface area contributed by atoms with Gasteiger partial charge in [0, 0.05) is 19.9 Å². The fraction of sp³-hybridized carbons (Fsp3) is 0.333. The number of rotatable bonds is 4. The highest BCUT2D eigenvalue weighted by Crippen LogP contribution is 2.08. The number of pyridine rings is 2. The van der Waals surface area contributed by atoms with E-state index in [0.717, 1.165) is 0 Å². The van der Waals surface area contributed by atoms with Gasteiger partial charge in [-0.05, 0) is 18.2 Å². The van der Waals surface area contributed by atoms with Gasteiger partial charge in [0.2, 0.25) is 0 Å². The lowest BCUT2D eigenvalue weighted by Crippen LogP contribution is -2.21. The third kappa shape index (κ3) is 2.35. The standard InChI is InChI=1S/C12H14N2O3/c1-17-7-6-14-5-4-11-10(12(14)16)3-2-9(8-15)13-11/h2-5,15H,6-8H2,1H3. The Bertz CT molecular complexity index is 577. The van der Waals surface area contributed by atoms with Gasteiger partial charge in [-0.1, -0.05) is 0 Å². The van der Waals surface area contributed by atoms with E-state index in [0.29, 0.717) is 29.7 Å². The summed E-state index contributed by atoms with van der Waals surface area (Å²) in [5.74, 6) is 0. The minimum absolute atomic E-state index is 0.0865. The second-order valence-electron chi connectivity index (χ2n) is 3.70. The van der Waals surface area contributed by atoms with Crippen molar-refractivity contribution in [2.45, 2.75) is 13.2 Å². The lowest BCUT2D eigenvalue weighted by atomic mass is 10.2. The van der Waals surface area contributed by atoms with Crippen LogP contribution < -0.4 is 5.56 Å². The Balaban J connectivity index is 2.49. The van der Waals surface area contributed by atoms with Crippen LogP contribution in [0.15, 0.2) is 29.2 Å². The largest absolute Gasteiger partial charge is 0.390 e. The van der Waals surface area contributed by atoms with Crippen LogP contribution in [0.5, 0.6) is 0 Å². The second-order valence-corrected chi connectivity index (χ2v) is 3.70. The molecule has 0 aliphatic rings. The van der Waals surface area contributed by atoms with E-state index in [1.54, 1.807) is 36.1 Å². The van der Waals surface area contributed by atoms with Crippen molar-refractivity contribution in [3.8, 4) is 0 Å². The molecule has 0 bridgehead atoms. The summed E-state index contributed by atoms with van der Waals surface area (Å²) in [4.78, 5) is 16.2. The van der Waals surface area contributed by atoms with Crippen LogP contribution in [0.2, 0.25) is 0 Å². The smallest absolute Gasteiger partial charge is 0.260 e. The molecule has 2 aromatic heterocycles. The molecule has 0 aliphatic heterocycles. The second kappa shape index (κ2) is 5.07. The molecule has 90 valence electrons. The molecule has 2 rings (SSSR count). The lowest BCUT2D eigenvalue weighted by molar-refractivity contribution is 0.186. The maximum Gasteiger partial charge on any atom is 0.260 e. The number of aliphatic hydroxyl groups is 1. The molecule has 0 amide bonds. The van der Waals surface area contributed by atoms with Gasteiger partial charge < -0.3 is 14.4 Å². The van der Waals surface area contributed by atoms with E-state index in [-0.39, 0.29) is 12.2 Å². The fourth-order valence-corrected chi connectivity index (χ4v) is 1.66. The maximum atomic E-state index is 12.0. The first-order valence-corrected chi connectivity index (χ1v) is 5.35. The first-order chi connectivity index (χ1) is 8.26. The van der Waals surface area contributed by atoms with Crippen molar-refractivity contribution in [3.63, 3.8) is 0 Å². The Kier molecular flexibility index (Phi) is 3.51. The van der Waals surface area contributed by atoms with E-state index in [2.05, 4.69) is 4.98 Å². The number of hydrogen-bond acceptors (Lipinski definition) is 4. The number of fused-ring (bicyclic) bond motifs is 1. The number of aromatic nitrogens is 2. The summed E-state index contributed by atoms with van der Waals surface area (Å²) in [6.45, 7) is 0.892. The molecule has 0 fully saturated rings. The van der Waals surface area contributed by atoms with Crippen LogP contribution in [0.3, 0.4) is 0 Å². The minimum Gasteiger partial charge on any atom is -0.390 e. The molecule has 0 saturated carbocycles. The highest BCUT2D eigenvalue weighted by molar-refractivity contribution is 5.77. The molecule has 0 atom stereocenters. The average molecular weight is 234 g/mol. The van der Waals surface area contributed by atoms with E-state index >= 15 is 0 Å². The zero-order chi connectivity index (χ0) is 12.3. The summed E-state index contributed by atoms with van der Waals surface area (Å²) in [6, 6.07) is 5.12. The molecule has 5 nitrogen and oxygen atoms in total. The monoisotopic (exact) mass is 234 g/mol. The number of aliphatic hydroxyl groups excluding tert-OH is 1. The van der Waals surface area contributed by atoms with Gasteiger partial charge in [0.1, 0.15) is 0 Å². The Morgan fingerprint density at radius 2 is 2.24 bits per heavy atom. The van der Waals surface area contributed by atoms with Crippen LogP contribution in [0.25, 0.3) is 10.9 Å². The van der Waals surface area contributed by atoms with E-state index in [1.807, 2.05) is 0 Å². The molecule has 1 N–H and O–H groups in total. The number of ether oxygens (including phenoxy) is 1. The number of nitrogens with zero attached hydrogens (tertiary/aromatic N) is 2. The van der Waals surface area contributed by atoms with Gasteiger partial charge in [0.15, 0.2) is 0 Å². The average Bonchev–Trinajstić information content (AvgIpc) is 2.37. The van der Waals surface area contributed by atoms with Crippen molar-refractivity contribution < 1.29 is 9.84 Å². The first kappa shape index (κ1) is 11.8. The van der Waals surface area contributed by atoms with Gasteiger partial charge in [-0.25, -0.2) is 0 Å². The lowest BCUT2D eigenvalue weighted by Gasteiger charge is -2.06. The Labute approximate surface area is 98.3 Å². The van der Waals surface area contributed by atoms with Crippen LogP contribution in [0.1, 0.15) is 5.69 Å². The summed E-state index contributed by atoms with van der Waals surface area (Å²) in [6.07, 6.45) is 1.69. The molecule has 0 unspecified atom stereocenters. The molecule has 0 saturated heterocycles. The highest BCUT2D eigenvalue weighted by atomic mass is 16.5. The van der Waals surface area contributed by atoms with Gasteiger partial charge >= 0.3 is 0 Å². The van der Waals surface area contributed by atoms with Crippen molar-refractivity contribution >= 4 is 10.9 Å². The van der Waals surface area contributed by atoms with Crippen LogP contribution >= 0.6 is 0 Å². The Hall–Kier alpha value is -1.72. The SMILES string of the molecule is COCCn1ccc2nc(CO)ccc2c1=O. The molecular weight excluding hydrogens is 220 g/mol. The van der Waals surface area contributed by atoms with Gasteiger partial charge in [0.05, 0.1) is 29.8 Å². The first-order valence-electron chi connectivity index (χ1n) is 5.35. The van der Waals surface area contributed by atoms with E-state index in [9.17, 15) is 4.79 Å². The van der Waals surface area contributed by atoms with E-state index in [4.69, 9.17) is 9.84 Å². The van der Waals surface area contributed by atoms with Crippen LogP contribution in [-0.4, -0.2) is 28.4 Å². The van der Waals surface area contributed by atoms with Crippen LogP contribution in [-0.2, 0) is 17.9 Å². The van der Waals surface area contributed by atoms with Gasteiger partial charge in [0.25, 0.3) is 5.56 Å². The molecule has 5 heteroatoms. The van der Waals surface area contributed by atoms with Gasteiger partial charge in [-0.15, -0.1) is 0 Å². The molecule has 0 radical (unpaired) electrons. The fourth-order valence-electron chi connectivity index (χ4n) is 1.66. The zero-order valence-electron chi connectivity index (χ0n) is 9.59. The molecule has 0 aromatic carbocycles. The predicted octanol–water partition coefficient (Wildman–Crippen LogP) is 0.535. The molecule has 2 heterocycles. The number of methoxy groups -OCH3 is 1. The quantitative estimate of drug-likeness (QED) is 0.838. The van der Waals surface area contributed by atoms with Gasteiger partial charge in [-0.2, -0.15) is 0 Å². The van der Waals surface area contributed by atoms with Crippen molar-refractivity contribution in [3.05, 3.63) is 40.4 Å².